The Morgan fingerprint density at radius 3 is 2.81 bits per heavy atom. The van der Waals surface area contributed by atoms with Gasteiger partial charge in [-0.2, -0.15) is 0 Å². The summed E-state index contributed by atoms with van der Waals surface area (Å²) in [6.07, 6.45) is 3.36. The molecule has 1 aliphatic carbocycles. The average molecular weight is 331 g/mol. The van der Waals surface area contributed by atoms with Crippen molar-refractivity contribution < 1.29 is 9.13 Å². The van der Waals surface area contributed by atoms with Crippen LogP contribution in [-0.4, -0.2) is 23.3 Å². The first-order valence-corrected chi connectivity index (χ1v) is 7.89. The van der Waals surface area contributed by atoms with Gasteiger partial charge in [0.05, 0.1) is 21.9 Å². The van der Waals surface area contributed by atoms with E-state index in [0.29, 0.717) is 11.4 Å². The normalized spacial score (nSPS) is 16.6. The van der Waals surface area contributed by atoms with Gasteiger partial charge in [-0.3, -0.25) is 0 Å². The van der Waals surface area contributed by atoms with E-state index in [4.69, 9.17) is 27.9 Å². The molecule has 0 amide bonds. The van der Waals surface area contributed by atoms with Crippen LogP contribution in [0.4, 0.5) is 4.39 Å². The van der Waals surface area contributed by atoms with E-state index in [1.807, 2.05) is 0 Å². The van der Waals surface area contributed by atoms with Crippen LogP contribution < -0.4 is 0 Å². The zero-order chi connectivity index (χ0) is 15.0. The number of alkyl halides is 1. The minimum absolute atomic E-state index is 0.117. The standard InChI is InChI=1S/C15H17Cl2FN2O/c1-21-5-4-15(2-3-15)9-20-13-6-10(17)11(18)7-12(13)19-14(20)8-16/h6-7H,2-5,8-9H2,1H3. The molecule has 0 radical (unpaired) electrons. The first-order chi connectivity index (χ1) is 10.1. The largest absolute Gasteiger partial charge is 0.385 e. The van der Waals surface area contributed by atoms with Crippen LogP contribution in [0.25, 0.3) is 11.0 Å². The van der Waals surface area contributed by atoms with Gasteiger partial charge >= 0.3 is 0 Å². The molecular formula is C15H17Cl2FN2O. The van der Waals surface area contributed by atoms with Gasteiger partial charge in [0, 0.05) is 26.3 Å². The summed E-state index contributed by atoms with van der Waals surface area (Å²) < 4.78 is 20.9. The van der Waals surface area contributed by atoms with Crippen molar-refractivity contribution >= 4 is 34.2 Å². The van der Waals surface area contributed by atoms with Crippen LogP contribution in [0, 0.1) is 11.2 Å². The van der Waals surface area contributed by atoms with E-state index in [9.17, 15) is 4.39 Å². The van der Waals surface area contributed by atoms with Crippen LogP contribution in [0.3, 0.4) is 0 Å². The molecule has 0 bridgehead atoms. The quantitative estimate of drug-likeness (QED) is 0.734. The van der Waals surface area contributed by atoms with E-state index in [0.717, 1.165) is 30.9 Å². The fraction of sp³-hybridized carbons (Fsp3) is 0.533. The van der Waals surface area contributed by atoms with Gasteiger partial charge in [0.25, 0.3) is 0 Å². The Morgan fingerprint density at radius 1 is 1.43 bits per heavy atom. The second-order valence-electron chi connectivity index (χ2n) is 5.75. The van der Waals surface area contributed by atoms with E-state index in [1.54, 1.807) is 13.2 Å². The molecule has 2 aromatic rings. The third-order valence-corrected chi connectivity index (χ3v) is 4.80. The molecule has 1 aromatic heterocycles. The topological polar surface area (TPSA) is 27.1 Å². The molecule has 3 rings (SSSR count). The molecule has 0 aliphatic heterocycles. The number of ether oxygens (including phenoxy) is 1. The number of fused-ring (bicyclic) bond motifs is 1. The first-order valence-electron chi connectivity index (χ1n) is 6.98. The fourth-order valence-electron chi connectivity index (χ4n) is 2.77. The Labute approximate surface area is 133 Å². The maximum absolute atomic E-state index is 13.6. The van der Waals surface area contributed by atoms with Gasteiger partial charge in [0.2, 0.25) is 0 Å². The summed E-state index contributed by atoms with van der Waals surface area (Å²) in [6, 6.07) is 3.01. The van der Waals surface area contributed by atoms with Crippen molar-refractivity contribution in [2.45, 2.75) is 31.7 Å². The molecule has 21 heavy (non-hydrogen) atoms. The van der Waals surface area contributed by atoms with Crippen LogP contribution in [0.15, 0.2) is 12.1 Å². The summed E-state index contributed by atoms with van der Waals surface area (Å²) in [5, 5.41) is 0.117. The maximum Gasteiger partial charge on any atom is 0.144 e. The number of imidazole rings is 1. The zero-order valence-corrected chi connectivity index (χ0v) is 13.3. The average Bonchev–Trinajstić information content (AvgIpc) is 3.16. The van der Waals surface area contributed by atoms with Gasteiger partial charge in [-0.15, -0.1) is 11.6 Å². The Balaban J connectivity index is 1.98. The second kappa shape index (κ2) is 5.75. The third kappa shape index (κ3) is 2.89. The number of benzene rings is 1. The van der Waals surface area contributed by atoms with Gasteiger partial charge in [0.1, 0.15) is 11.6 Å². The van der Waals surface area contributed by atoms with Gasteiger partial charge < -0.3 is 9.30 Å². The Kier molecular flexibility index (Phi) is 4.12. The van der Waals surface area contributed by atoms with Gasteiger partial charge in [-0.1, -0.05) is 11.6 Å². The number of hydrogen-bond donors (Lipinski definition) is 0. The lowest BCUT2D eigenvalue weighted by atomic mass is 10.0. The lowest BCUT2D eigenvalue weighted by molar-refractivity contribution is 0.167. The van der Waals surface area contributed by atoms with Gasteiger partial charge in [-0.05, 0) is 30.7 Å². The molecule has 0 N–H and O–H groups in total. The van der Waals surface area contributed by atoms with Crippen LogP contribution in [0.5, 0.6) is 0 Å². The summed E-state index contributed by atoms with van der Waals surface area (Å²) in [6.45, 7) is 1.58. The number of rotatable bonds is 6. The fourth-order valence-corrected chi connectivity index (χ4v) is 3.13. The third-order valence-electron chi connectivity index (χ3n) is 4.28. The molecule has 0 unspecified atom stereocenters. The van der Waals surface area contributed by atoms with Crippen molar-refractivity contribution in [1.82, 2.24) is 9.55 Å². The van der Waals surface area contributed by atoms with Crippen molar-refractivity contribution in [1.29, 1.82) is 0 Å². The highest BCUT2D eigenvalue weighted by Gasteiger charge is 2.43. The molecule has 0 spiro atoms. The minimum atomic E-state index is -0.449. The number of methoxy groups -OCH3 is 1. The van der Waals surface area contributed by atoms with Gasteiger partial charge in [0.15, 0.2) is 0 Å². The van der Waals surface area contributed by atoms with E-state index >= 15 is 0 Å². The molecule has 1 saturated carbocycles. The lowest BCUT2D eigenvalue weighted by Gasteiger charge is -2.17. The summed E-state index contributed by atoms with van der Waals surface area (Å²) >= 11 is 11.9. The van der Waals surface area contributed by atoms with Crippen molar-refractivity contribution in [3.63, 3.8) is 0 Å². The zero-order valence-electron chi connectivity index (χ0n) is 11.8. The molecular weight excluding hydrogens is 314 g/mol. The van der Waals surface area contributed by atoms with Crippen molar-refractivity contribution in [3.05, 3.63) is 28.8 Å². The minimum Gasteiger partial charge on any atom is -0.385 e. The highest BCUT2D eigenvalue weighted by molar-refractivity contribution is 6.31. The maximum atomic E-state index is 13.6. The monoisotopic (exact) mass is 330 g/mol. The van der Waals surface area contributed by atoms with Crippen LogP contribution >= 0.6 is 23.2 Å². The summed E-state index contributed by atoms with van der Waals surface area (Å²) in [7, 11) is 1.72. The predicted molar refractivity (Wildman–Crippen MR) is 82.4 cm³/mol. The number of halogens is 3. The molecule has 6 heteroatoms. The van der Waals surface area contributed by atoms with Crippen LogP contribution in [0.1, 0.15) is 25.1 Å². The molecule has 1 aliphatic rings. The molecule has 114 valence electrons. The number of nitrogens with zero attached hydrogens (tertiary/aromatic N) is 2. The molecule has 3 nitrogen and oxygen atoms in total. The second-order valence-corrected chi connectivity index (χ2v) is 6.42. The van der Waals surface area contributed by atoms with E-state index < -0.39 is 5.82 Å². The summed E-state index contributed by atoms with van der Waals surface area (Å²) in [4.78, 5) is 4.43. The molecule has 1 heterocycles. The van der Waals surface area contributed by atoms with E-state index in [-0.39, 0.29) is 10.4 Å². The SMILES string of the molecule is COCCC1(Cn2c(CCl)nc3cc(F)c(Cl)cc32)CC1. The van der Waals surface area contributed by atoms with Crippen molar-refractivity contribution in [3.8, 4) is 0 Å². The Bertz CT molecular complexity index is 667. The van der Waals surface area contributed by atoms with E-state index in [1.165, 1.54) is 18.9 Å². The Morgan fingerprint density at radius 2 is 2.19 bits per heavy atom. The van der Waals surface area contributed by atoms with Crippen molar-refractivity contribution in [2.75, 3.05) is 13.7 Å². The smallest absolute Gasteiger partial charge is 0.144 e. The van der Waals surface area contributed by atoms with E-state index in [2.05, 4.69) is 9.55 Å². The number of aromatic nitrogens is 2. The molecule has 1 aromatic carbocycles. The summed E-state index contributed by atoms with van der Waals surface area (Å²) in [5.41, 5.74) is 1.71. The van der Waals surface area contributed by atoms with Crippen LogP contribution in [-0.2, 0) is 17.2 Å². The first kappa shape index (κ1) is 15.1. The highest BCUT2D eigenvalue weighted by atomic mass is 35.5. The highest BCUT2D eigenvalue weighted by Crippen LogP contribution is 2.50. The molecule has 1 fully saturated rings. The van der Waals surface area contributed by atoms with Crippen molar-refractivity contribution in [2.24, 2.45) is 5.41 Å². The molecule has 0 atom stereocenters. The van der Waals surface area contributed by atoms with Crippen LogP contribution in [0.2, 0.25) is 5.02 Å². The molecule has 0 saturated heterocycles. The lowest BCUT2D eigenvalue weighted by Crippen LogP contribution is -2.15. The Hall–Kier alpha value is -0.840. The number of hydrogen-bond acceptors (Lipinski definition) is 2. The predicted octanol–water partition coefficient (Wildman–Crippen LogP) is 4.38. The summed E-state index contributed by atoms with van der Waals surface area (Å²) in [5.74, 6) is 0.612. The van der Waals surface area contributed by atoms with Gasteiger partial charge in [-0.25, -0.2) is 9.37 Å².